The minimum absolute atomic E-state index is 0.240. The van der Waals surface area contributed by atoms with Gasteiger partial charge in [-0.2, -0.15) is 0 Å². The quantitative estimate of drug-likeness (QED) is 0.898. The molecule has 106 valence electrons. The fourth-order valence-corrected chi connectivity index (χ4v) is 3.15. The van der Waals surface area contributed by atoms with Gasteiger partial charge in [0.05, 0.1) is 23.9 Å². The zero-order valence-electron chi connectivity index (χ0n) is 11.3. The minimum Gasteiger partial charge on any atom is -0.306 e. The van der Waals surface area contributed by atoms with E-state index in [1.807, 2.05) is 16.8 Å². The molecule has 0 saturated carbocycles. The van der Waals surface area contributed by atoms with E-state index >= 15 is 0 Å². The van der Waals surface area contributed by atoms with Crippen molar-refractivity contribution in [3.05, 3.63) is 46.7 Å². The molecular formula is C15H17BrFN3. The summed E-state index contributed by atoms with van der Waals surface area (Å²) in [6.07, 6.45) is 6.96. The molecule has 0 spiro atoms. The van der Waals surface area contributed by atoms with E-state index < -0.39 is 0 Å². The van der Waals surface area contributed by atoms with Gasteiger partial charge < -0.3 is 5.32 Å². The molecule has 1 aromatic heterocycles. The van der Waals surface area contributed by atoms with Crippen LogP contribution in [0.2, 0.25) is 0 Å². The predicted octanol–water partition coefficient (Wildman–Crippen LogP) is 3.98. The van der Waals surface area contributed by atoms with Gasteiger partial charge in [0.25, 0.3) is 0 Å². The molecule has 1 N–H and O–H groups in total. The highest BCUT2D eigenvalue weighted by molar-refractivity contribution is 9.10. The van der Waals surface area contributed by atoms with E-state index in [-0.39, 0.29) is 11.9 Å². The van der Waals surface area contributed by atoms with Crippen molar-refractivity contribution in [2.24, 2.45) is 0 Å². The average molecular weight is 338 g/mol. The number of imidazole rings is 1. The van der Waals surface area contributed by atoms with Crippen molar-refractivity contribution in [2.45, 2.75) is 38.3 Å². The van der Waals surface area contributed by atoms with Gasteiger partial charge in [0.15, 0.2) is 0 Å². The maximum Gasteiger partial charge on any atom is 0.148 e. The fourth-order valence-electron chi connectivity index (χ4n) is 2.81. The third-order valence-electron chi connectivity index (χ3n) is 3.81. The van der Waals surface area contributed by atoms with Gasteiger partial charge in [0.2, 0.25) is 0 Å². The molecule has 0 bridgehead atoms. The zero-order valence-corrected chi connectivity index (χ0v) is 12.9. The first-order valence-corrected chi connectivity index (χ1v) is 7.68. The lowest BCUT2D eigenvalue weighted by atomic mass is 9.97. The molecule has 1 saturated heterocycles. The van der Waals surface area contributed by atoms with E-state index in [4.69, 9.17) is 0 Å². The number of nitrogens with zero attached hydrogens (tertiary/aromatic N) is 2. The van der Waals surface area contributed by atoms with Crippen LogP contribution >= 0.6 is 15.9 Å². The number of nitrogens with one attached hydrogen (secondary N) is 1. The first-order valence-electron chi connectivity index (χ1n) is 6.89. The van der Waals surface area contributed by atoms with E-state index in [1.165, 1.54) is 18.9 Å². The summed E-state index contributed by atoms with van der Waals surface area (Å²) in [6, 6.07) is 5.84. The van der Waals surface area contributed by atoms with Crippen molar-refractivity contribution in [1.82, 2.24) is 14.9 Å². The molecule has 2 atom stereocenters. The van der Waals surface area contributed by atoms with Crippen molar-refractivity contribution >= 4 is 15.9 Å². The standard InChI is InChI=1S/C15H17BrFN3/c1-10-3-2-4-13(19-10)15-8-18-9-20(15)14-6-5-11(16)7-12(14)17/h5-10,13,19H,2-4H2,1H3. The molecule has 0 radical (unpaired) electrons. The lowest BCUT2D eigenvalue weighted by Gasteiger charge is -2.29. The van der Waals surface area contributed by atoms with Crippen LogP contribution in [0.15, 0.2) is 35.2 Å². The Hall–Kier alpha value is -1.20. The van der Waals surface area contributed by atoms with Crippen LogP contribution in [0.3, 0.4) is 0 Å². The molecule has 2 unspecified atom stereocenters. The number of piperidine rings is 1. The Kier molecular flexibility index (Phi) is 3.89. The maximum atomic E-state index is 14.1. The Balaban J connectivity index is 1.97. The molecule has 3 nitrogen and oxygen atoms in total. The van der Waals surface area contributed by atoms with E-state index in [0.29, 0.717) is 11.7 Å². The molecule has 2 heterocycles. The second-order valence-corrected chi connectivity index (χ2v) is 6.25. The SMILES string of the molecule is CC1CCCC(c2cncn2-c2ccc(Br)cc2F)N1. The van der Waals surface area contributed by atoms with Crippen molar-refractivity contribution < 1.29 is 4.39 Å². The lowest BCUT2D eigenvalue weighted by Crippen LogP contribution is -2.35. The third-order valence-corrected chi connectivity index (χ3v) is 4.30. The summed E-state index contributed by atoms with van der Waals surface area (Å²) < 4.78 is 16.7. The zero-order chi connectivity index (χ0) is 14.1. The van der Waals surface area contributed by atoms with Gasteiger partial charge >= 0.3 is 0 Å². The van der Waals surface area contributed by atoms with Gasteiger partial charge in [-0.3, -0.25) is 4.57 Å². The van der Waals surface area contributed by atoms with Gasteiger partial charge in [-0.25, -0.2) is 9.37 Å². The molecule has 0 aliphatic carbocycles. The number of benzene rings is 1. The van der Waals surface area contributed by atoms with Crippen LogP contribution in [0.5, 0.6) is 0 Å². The van der Waals surface area contributed by atoms with Crippen molar-refractivity contribution in [3.63, 3.8) is 0 Å². The summed E-state index contributed by atoms with van der Waals surface area (Å²) >= 11 is 3.29. The average Bonchev–Trinajstić information content (AvgIpc) is 2.87. The van der Waals surface area contributed by atoms with E-state index in [2.05, 4.69) is 33.2 Å². The molecule has 1 aromatic carbocycles. The van der Waals surface area contributed by atoms with Crippen LogP contribution in [0.4, 0.5) is 4.39 Å². The molecule has 1 aliphatic heterocycles. The molecule has 5 heteroatoms. The molecule has 20 heavy (non-hydrogen) atoms. The highest BCUT2D eigenvalue weighted by atomic mass is 79.9. The predicted molar refractivity (Wildman–Crippen MR) is 80.4 cm³/mol. The Labute approximate surface area is 126 Å². The highest BCUT2D eigenvalue weighted by Crippen LogP contribution is 2.28. The molecule has 2 aromatic rings. The monoisotopic (exact) mass is 337 g/mol. The summed E-state index contributed by atoms with van der Waals surface area (Å²) in [7, 11) is 0. The number of hydrogen-bond acceptors (Lipinski definition) is 2. The first kappa shape index (κ1) is 13.8. The van der Waals surface area contributed by atoms with Crippen molar-refractivity contribution in [2.75, 3.05) is 0 Å². The van der Waals surface area contributed by atoms with E-state index in [9.17, 15) is 4.39 Å². The summed E-state index contributed by atoms with van der Waals surface area (Å²) in [5.41, 5.74) is 1.57. The Bertz CT molecular complexity index is 611. The van der Waals surface area contributed by atoms with Crippen LogP contribution in [0.1, 0.15) is 37.9 Å². The lowest BCUT2D eigenvalue weighted by molar-refractivity contribution is 0.334. The second kappa shape index (κ2) is 5.66. The number of rotatable bonds is 2. The second-order valence-electron chi connectivity index (χ2n) is 5.34. The van der Waals surface area contributed by atoms with Crippen LogP contribution < -0.4 is 5.32 Å². The fraction of sp³-hybridized carbons (Fsp3) is 0.400. The first-order chi connectivity index (χ1) is 9.65. The minimum atomic E-state index is -0.248. The van der Waals surface area contributed by atoms with Gasteiger partial charge in [-0.1, -0.05) is 15.9 Å². The van der Waals surface area contributed by atoms with Crippen molar-refractivity contribution in [3.8, 4) is 5.69 Å². The largest absolute Gasteiger partial charge is 0.306 e. The van der Waals surface area contributed by atoms with Crippen LogP contribution in [0.25, 0.3) is 5.69 Å². The number of hydrogen-bond donors (Lipinski definition) is 1. The Morgan fingerprint density at radius 3 is 3.00 bits per heavy atom. The highest BCUT2D eigenvalue weighted by Gasteiger charge is 2.23. The molecule has 3 rings (SSSR count). The summed E-state index contributed by atoms with van der Waals surface area (Å²) in [4.78, 5) is 4.21. The molecule has 1 aliphatic rings. The third kappa shape index (κ3) is 2.65. The number of halogens is 2. The van der Waals surface area contributed by atoms with E-state index in [1.54, 1.807) is 12.4 Å². The van der Waals surface area contributed by atoms with Gasteiger partial charge in [0, 0.05) is 16.6 Å². The van der Waals surface area contributed by atoms with Gasteiger partial charge in [-0.05, 0) is 44.4 Å². The Morgan fingerprint density at radius 2 is 2.25 bits per heavy atom. The Morgan fingerprint density at radius 1 is 1.40 bits per heavy atom. The van der Waals surface area contributed by atoms with Crippen LogP contribution in [-0.2, 0) is 0 Å². The smallest absolute Gasteiger partial charge is 0.148 e. The van der Waals surface area contributed by atoms with E-state index in [0.717, 1.165) is 16.6 Å². The van der Waals surface area contributed by atoms with Gasteiger partial charge in [-0.15, -0.1) is 0 Å². The molecule has 0 amide bonds. The maximum absolute atomic E-state index is 14.1. The summed E-state index contributed by atoms with van der Waals surface area (Å²) in [6.45, 7) is 2.19. The normalized spacial score (nSPS) is 22.9. The van der Waals surface area contributed by atoms with Gasteiger partial charge in [0.1, 0.15) is 5.82 Å². The topological polar surface area (TPSA) is 29.9 Å². The number of aromatic nitrogens is 2. The summed E-state index contributed by atoms with van der Waals surface area (Å²) in [5, 5.41) is 3.57. The summed E-state index contributed by atoms with van der Waals surface area (Å²) in [5.74, 6) is -0.248. The van der Waals surface area contributed by atoms with Crippen LogP contribution in [-0.4, -0.2) is 15.6 Å². The van der Waals surface area contributed by atoms with Crippen LogP contribution in [0, 0.1) is 5.82 Å². The van der Waals surface area contributed by atoms with Crippen molar-refractivity contribution in [1.29, 1.82) is 0 Å². The molecular weight excluding hydrogens is 321 g/mol. The molecule has 1 fully saturated rings.